The molecule has 0 unspecified atom stereocenters. The van der Waals surface area contributed by atoms with Crippen LogP contribution in [0.5, 0.6) is 11.6 Å². The maximum atomic E-state index is 11.8. The zero-order valence-electron chi connectivity index (χ0n) is 21.4. The summed E-state index contributed by atoms with van der Waals surface area (Å²) in [6.45, 7) is 5.70. The SMILES string of the molecule is O=C(OCOc1ccc2ccc(OCCCCN3CCN(c4cccc(I)c4Cl)CC3)cc2n1)C1CCC1. The van der Waals surface area contributed by atoms with Gasteiger partial charge in [-0.15, -0.1) is 0 Å². The number of nitrogens with zero attached hydrogens (tertiary/aromatic N) is 3. The van der Waals surface area contributed by atoms with Crippen molar-refractivity contribution in [3.8, 4) is 11.6 Å². The number of pyridine rings is 1. The second kappa shape index (κ2) is 13.2. The van der Waals surface area contributed by atoms with Crippen LogP contribution in [0.4, 0.5) is 5.69 Å². The van der Waals surface area contributed by atoms with Crippen LogP contribution in [0.1, 0.15) is 32.1 Å². The fourth-order valence-electron chi connectivity index (χ4n) is 4.73. The highest BCUT2D eigenvalue weighted by Crippen LogP contribution is 2.31. The smallest absolute Gasteiger partial charge is 0.311 e. The monoisotopic (exact) mass is 649 g/mol. The van der Waals surface area contributed by atoms with Gasteiger partial charge in [-0.2, -0.15) is 0 Å². The van der Waals surface area contributed by atoms with Gasteiger partial charge in [0.05, 0.1) is 28.8 Å². The van der Waals surface area contributed by atoms with Gasteiger partial charge < -0.3 is 19.1 Å². The van der Waals surface area contributed by atoms with Gasteiger partial charge in [-0.25, -0.2) is 4.98 Å². The molecule has 2 fully saturated rings. The van der Waals surface area contributed by atoms with Gasteiger partial charge in [0.15, 0.2) is 0 Å². The van der Waals surface area contributed by atoms with Crippen LogP contribution >= 0.6 is 34.2 Å². The van der Waals surface area contributed by atoms with Gasteiger partial charge in [0.1, 0.15) is 5.75 Å². The van der Waals surface area contributed by atoms with E-state index in [-0.39, 0.29) is 18.7 Å². The summed E-state index contributed by atoms with van der Waals surface area (Å²) in [5.41, 5.74) is 1.93. The fourth-order valence-corrected chi connectivity index (χ4v) is 5.46. The van der Waals surface area contributed by atoms with Gasteiger partial charge in [0.2, 0.25) is 12.7 Å². The first-order valence-electron chi connectivity index (χ1n) is 13.3. The van der Waals surface area contributed by atoms with Crippen LogP contribution < -0.4 is 14.4 Å². The Morgan fingerprint density at radius 3 is 2.63 bits per heavy atom. The summed E-state index contributed by atoms with van der Waals surface area (Å²) in [6, 6.07) is 15.9. The van der Waals surface area contributed by atoms with Crippen LogP contribution in [-0.2, 0) is 9.53 Å². The number of piperazine rings is 1. The number of unbranched alkanes of at least 4 members (excludes halogenated alkanes) is 1. The Balaban J connectivity index is 1.01. The second-order valence-corrected chi connectivity index (χ2v) is 11.4. The highest BCUT2D eigenvalue weighted by atomic mass is 127. The normalized spacial score (nSPS) is 16.3. The Morgan fingerprint density at radius 1 is 1.03 bits per heavy atom. The van der Waals surface area contributed by atoms with E-state index in [0.29, 0.717) is 12.5 Å². The number of ether oxygens (including phenoxy) is 3. The zero-order valence-corrected chi connectivity index (χ0v) is 24.3. The second-order valence-electron chi connectivity index (χ2n) is 9.81. The maximum Gasteiger partial charge on any atom is 0.311 e. The molecular formula is C29H33ClIN3O4. The minimum absolute atomic E-state index is 0.0384. The molecule has 0 N–H and O–H groups in total. The maximum absolute atomic E-state index is 11.8. The van der Waals surface area contributed by atoms with Crippen molar-refractivity contribution in [2.24, 2.45) is 5.92 Å². The van der Waals surface area contributed by atoms with E-state index in [1.54, 1.807) is 6.07 Å². The third kappa shape index (κ3) is 7.01. The van der Waals surface area contributed by atoms with Crippen molar-refractivity contribution >= 4 is 56.8 Å². The molecule has 1 saturated carbocycles. The Labute approximate surface area is 242 Å². The first-order chi connectivity index (χ1) is 18.6. The summed E-state index contributed by atoms with van der Waals surface area (Å²) in [6.07, 6.45) is 5.00. The van der Waals surface area contributed by atoms with Crippen molar-refractivity contribution in [1.29, 1.82) is 0 Å². The molecule has 2 heterocycles. The van der Waals surface area contributed by atoms with Crippen molar-refractivity contribution in [3.63, 3.8) is 0 Å². The molecule has 1 aliphatic carbocycles. The molecule has 0 amide bonds. The predicted octanol–water partition coefficient (Wildman–Crippen LogP) is 6.15. The van der Waals surface area contributed by atoms with Crippen LogP contribution in [0.2, 0.25) is 5.02 Å². The van der Waals surface area contributed by atoms with Crippen LogP contribution in [-0.4, -0.2) is 62.0 Å². The Bertz CT molecular complexity index is 1250. The predicted molar refractivity (Wildman–Crippen MR) is 158 cm³/mol. The van der Waals surface area contributed by atoms with Gasteiger partial charge in [-0.05, 0) is 85.2 Å². The standard InChI is InChI=1S/C29H33ClIN3O4/c30-28-24(31)7-4-8-26(28)34-16-14-33(15-17-34)13-1-2-18-36-23-11-9-21-10-12-27(32-25(21)19-23)37-20-38-29(35)22-5-3-6-22/h4,7-12,19,22H,1-3,5-6,13-18,20H2. The lowest BCUT2D eigenvalue weighted by Crippen LogP contribution is -2.46. The van der Waals surface area contributed by atoms with Crippen LogP contribution in [0.3, 0.4) is 0 Å². The van der Waals surface area contributed by atoms with Gasteiger partial charge in [-0.3, -0.25) is 9.69 Å². The molecule has 0 atom stereocenters. The van der Waals surface area contributed by atoms with E-state index in [1.165, 1.54) is 0 Å². The van der Waals surface area contributed by atoms with Gasteiger partial charge >= 0.3 is 5.97 Å². The van der Waals surface area contributed by atoms with Crippen molar-refractivity contribution in [1.82, 2.24) is 9.88 Å². The Morgan fingerprint density at radius 2 is 1.84 bits per heavy atom. The number of rotatable bonds is 11. The number of halogens is 2. The molecular weight excluding hydrogens is 617 g/mol. The van der Waals surface area contributed by atoms with Crippen molar-refractivity contribution in [3.05, 3.63) is 57.1 Å². The number of hydrogen-bond acceptors (Lipinski definition) is 7. The van der Waals surface area contributed by atoms with E-state index in [2.05, 4.69) is 49.5 Å². The lowest BCUT2D eigenvalue weighted by atomic mass is 9.86. The summed E-state index contributed by atoms with van der Waals surface area (Å²) in [4.78, 5) is 21.3. The van der Waals surface area contributed by atoms with Crippen LogP contribution in [0.25, 0.3) is 10.9 Å². The molecule has 0 bridgehead atoms. The third-order valence-corrected chi connectivity index (χ3v) is 8.88. The molecule has 1 aromatic heterocycles. The van der Waals surface area contributed by atoms with Gasteiger partial charge in [-0.1, -0.05) is 24.1 Å². The zero-order chi connectivity index (χ0) is 26.3. The first-order valence-corrected chi connectivity index (χ1v) is 14.8. The molecule has 2 aliphatic rings. The molecule has 2 aromatic carbocycles. The Kier molecular flexibility index (Phi) is 9.45. The average molecular weight is 650 g/mol. The number of carbonyl (C=O) groups excluding carboxylic acids is 1. The number of hydrogen-bond donors (Lipinski definition) is 0. The molecule has 38 heavy (non-hydrogen) atoms. The quantitative estimate of drug-likeness (QED) is 0.107. The van der Waals surface area contributed by atoms with Crippen molar-refractivity contribution < 1.29 is 19.0 Å². The van der Waals surface area contributed by atoms with E-state index in [9.17, 15) is 4.79 Å². The molecule has 0 radical (unpaired) electrons. The molecule has 7 nitrogen and oxygen atoms in total. The van der Waals surface area contributed by atoms with Crippen molar-refractivity contribution in [2.75, 3.05) is 51.0 Å². The fraction of sp³-hybridized carbons (Fsp3) is 0.448. The number of fused-ring (bicyclic) bond motifs is 1. The topological polar surface area (TPSA) is 64.1 Å². The molecule has 3 aromatic rings. The van der Waals surface area contributed by atoms with E-state index >= 15 is 0 Å². The molecule has 9 heteroatoms. The summed E-state index contributed by atoms with van der Waals surface area (Å²) in [7, 11) is 0. The minimum Gasteiger partial charge on any atom is -0.494 e. The number of esters is 1. The summed E-state index contributed by atoms with van der Waals surface area (Å²) in [5, 5.41) is 1.86. The molecule has 202 valence electrons. The third-order valence-electron chi connectivity index (χ3n) is 7.27. The lowest BCUT2D eigenvalue weighted by molar-refractivity contribution is -0.158. The highest BCUT2D eigenvalue weighted by Gasteiger charge is 2.26. The largest absolute Gasteiger partial charge is 0.494 e. The van der Waals surface area contributed by atoms with E-state index in [0.717, 1.165) is 95.8 Å². The lowest BCUT2D eigenvalue weighted by Gasteiger charge is -2.36. The van der Waals surface area contributed by atoms with Crippen LogP contribution in [0, 0.1) is 9.49 Å². The number of carbonyl (C=O) groups is 1. The van der Waals surface area contributed by atoms with E-state index < -0.39 is 0 Å². The number of aromatic nitrogens is 1. The van der Waals surface area contributed by atoms with Gasteiger partial charge in [0.25, 0.3) is 0 Å². The van der Waals surface area contributed by atoms with Gasteiger partial charge in [0, 0.05) is 47.3 Å². The molecule has 1 saturated heterocycles. The van der Waals surface area contributed by atoms with Crippen LogP contribution in [0.15, 0.2) is 48.5 Å². The molecule has 0 spiro atoms. The molecule has 1 aliphatic heterocycles. The highest BCUT2D eigenvalue weighted by molar-refractivity contribution is 14.1. The summed E-state index contributed by atoms with van der Waals surface area (Å²) < 4.78 is 17.9. The summed E-state index contributed by atoms with van der Waals surface area (Å²) in [5.74, 6) is 1.08. The minimum atomic E-state index is -0.179. The van der Waals surface area contributed by atoms with E-state index in [1.807, 2.05) is 30.3 Å². The van der Waals surface area contributed by atoms with Crippen molar-refractivity contribution in [2.45, 2.75) is 32.1 Å². The average Bonchev–Trinajstić information content (AvgIpc) is 2.89. The number of benzene rings is 2. The van der Waals surface area contributed by atoms with E-state index in [4.69, 9.17) is 25.8 Å². The first kappa shape index (κ1) is 27.3. The Hall–Kier alpha value is -2.30. The number of anilines is 1. The molecule has 5 rings (SSSR count). The summed E-state index contributed by atoms with van der Waals surface area (Å²) >= 11 is 8.81.